The van der Waals surface area contributed by atoms with Crippen molar-refractivity contribution < 1.29 is 0 Å². The Balaban J connectivity index is 2.70. The van der Waals surface area contributed by atoms with Gasteiger partial charge >= 0.3 is 0 Å². The molecular formula is C12H20Si2. The Hall–Kier alpha value is -0.346. The minimum atomic E-state index is -1.14. The first-order valence-electron chi connectivity index (χ1n) is 5.48. The second kappa shape index (κ2) is 2.83. The maximum atomic E-state index is 2.54. The molecule has 2 rings (SSSR count). The van der Waals surface area contributed by atoms with Crippen molar-refractivity contribution >= 4 is 26.5 Å². The van der Waals surface area contributed by atoms with E-state index in [2.05, 4.69) is 57.4 Å². The second-order valence-electron chi connectivity index (χ2n) is 5.71. The highest BCUT2D eigenvalue weighted by Crippen LogP contribution is 2.35. The number of rotatable bonds is 0. The molecule has 0 atom stereocenters. The van der Waals surface area contributed by atoms with Crippen LogP contribution in [0.1, 0.15) is 6.92 Å². The van der Waals surface area contributed by atoms with Crippen molar-refractivity contribution in [3.63, 3.8) is 0 Å². The summed E-state index contributed by atoms with van der Waals surface area (Å²) in [6.07, 6.45) is 0. The standard InChI is InChI=1S/C12H20Si2/c1-10-13(2,3)11-8-6-7-9-12(11)14(10,4)5/h6-10H,1-5H3. The normalized spacial score (nSPS) is 23.5. The van der Waals surface area contributed by atoms with Crippen LogP contribution in [-0.4, -0.2) is 16.1 Å². The Labute approximate surface area is 89.4 Å². The third kappa shape index (κ3) is 1.10. The Bertz CT molecular complexity index is 331. The van der Waals surface area contributed by atoms with E-state index in [1.165, 1.54) is 0 Å². The molecule has 14 heavy (non-hydrogen) atoms. The van der Waals surface area contributed by atoms with Crippen LogP contribution in [0.5, 0.6) is 0 Å². The van der Waals surface area contributed by atoms with E-state index >= 15 is 0 Å². The van der Waals surface area contributed by atoms with Crippen LogP contribution in [-0.2, 0) is 0 Å². The fourth-order valence-corrected chi connectivity index (χ4v) is 16.6. The minimum absolute atomic E-state index is 0.979. The summed E-state index contributed by atoms with van der Waals surface area (Å²) in [6.45, 7) is 12.7. The Morgan fingerprint density at radius 3 is 1.57 bits per heavy atom. The molecule has 0 spiro atoms. The van der Waals surface area contributed by atoms with E-state index in [0.717, 1.165) is 5.16 Å². The molecule has 2 heteroatoms. The molecule has 0 unspecified atom stereocenters. The summed E-state index contributed by atoms with van der Waals surface area (Å²) in [5.74, 6) is 0. The third-order valence-corrected chi connectivity index (χ3v) is 17.0. The summed E-state index contributed by atoms with van der Waals surface area (Å²) in [6, 6.07) is 9.21. The fraction of sp³-hybridized carbons (Fsp3) is 0.500. The fourth-order valence-electron chi connectivity index (χ4n) is 2.98. The van der Waals surface area contributed by atoms with Gasteiger partial charge in [0.2, 0.25) is 0 Å². The SMILES string of the molecule is CC1[Si](C)(C)c2ccccc2[Si]1(C)C. The molecule has 1 heterocycles. The van der Waals surface area contributed by atoms with Crippen molar-refractivity contribution in [1.29, 1.82) is 0 Å². The first kappa shape index (κ1) is 10.2. The van der Waals surface area contributed by atoms with Crippen LogP contribution >= 0.6 is 0 Å². The van der Waals surface area contributed by atoms with E-state index in [-0.39, 0.29) is 0 Å². The van der Waals surface area contributed by atoms with Gasteiger partial charge in [-0.2, -0.15) is 0 Å². The Kier molecular flexibility index (Phi) is 2.06. The summed E-state index contributed by atoms with van der Waals surface area (Å²) in [5, 5.41) is 4.46. The van der Waals surface area contributed by atoms with Crippen LogP contribution in [0, 0.1) is 0 Å². The Morgan fingerprint density at radius 1 is 0.857 bits per heavy atom. The summed E-state index contributed by atoms with van der Waals surface area (Å²) in [4.78, 5) is 0. The molecule has 0 bridgehead atoms. The number of benzene rings is 1. The number of hydrogen-bond acceptors (Lipinski definition) is 0. The molecule has 0 aromatic heterocycles. The lowest BCUT2D eigenvalue weighted by atomic mass is 10.4. The van der Waals surface area contributed by atoms with Gasteiger partial charge in [0, 0.05) is 0 Å². The van der Waals surface area contributed by atoms with Crippen LogP contribution in [0.2, 0.25) is 31.4 Å². The van der Waals surface area contributed by atoms with Crippen molar-refractivity contribution in [2.45, 2.75) is 38.3 Å². The average Bonchev–Trinajstić information content (AvgIpc) is 2.28. The van der Waals surface area contributed by atoms with Gasteiger partial charge in [0.1, 0.15) is 0 Å². The first-order chi connectivity index (χ1) is 6.38. The van der Waals surface area contributed by atoms with Gasteiger partial charge in [-0.05, 0) is 5.16 Å². The van der Waals surface area contributed by atoms with Gasteiger partial charge in [0.25, 0.3) is 0 Å². The molecule has 0 fully saturated rings. The topological polar surface area (TPSA) is 0 Å². The second-order valence-corrected chi connectivity index (χ2v) is 16.0. The zero-order chi connectivity index (χ0) is 10.6. The summed E-state index contributed by atoms with van der Waals surface area (Å²) in [5.41, 5.74) is 0. The zero-order valence-corrected chi connectivity index (χ0v) is 11.9. The molecule has 0 nitrogen and oxygen atoms in total. The van der Waals surface area contributed by atoms with E-state index < -0.39 is 16.1 Å². The van der Waals surface area contributed by atoms with Crippen molar-refractivity contribution in [1.82, 2.24) is 0 Å². The first-order valence-corrected chi connectivity index (χ1v) is 11.6. The lowest BCUT2D eigenvalue weighted by molar-refractivity contribution is 1.22. The van der Waals surface area contributed by atoms with Gasteiger partial charge in [-0.1, -0.05) is 67.8 Å². The highest BCUT2D eigenvalue weighted by atomic mass is 28.4. The molecule has 1 aromatic rings. The maximum absolute atomic E-state index is 2.54. The largest absolute Gasteiger partial charge is 0.0810 e. The van der Waals surface area contributed by atoms with Crippen molar-refractivity contribution in [2.24, 2.45) is 0 Å². The highest BCUT2D eigenvalue weighted by molar-refractivity contribution is 7.15. The molecule has 0 N–H and O–H groups in total. The molecule has 0 aliphatic carbocycles. The van der Waals surface area contributed by atoms with Crippen molar-refractivity contribution in [3.05, 3.63) is 24.3 Å². The van der Waals surface area contributed by atoms with Gasteiger partial charge in [0.05, 0.1) is 16.1 Å². The lowest BCUT2D eigenvalue weighted by Gasteiger charge is -2.29. The quantitative estimate of drug-likeness (QED) is 0.589. The van der Waals surface area contributed by atoms with Crippen LogP contribution in [0.3, 0.4) is 0 Å². The summed E-state index contributed by atoms with van der Waals surface area (Å²) < 4.78 is 0. The molecule has 1 aliphatic heterocycles. The van der Waals surface area contributed by atoms with E-state index in [1.807, 2.05) is 0 Å². The smallest absolute Gasteiger partial charge is 0.0667 e. The van der Waals surface area contributed by atoms with Gasteiger partial charge < -0.3 is 0 Å². The molecule has 0 saturated carbocycles. The van der Waals surface area contributed by atoms with Crippen molar-refractivity contribution in [2.75, 3.05) is 0 Å². The monoisotopic (exact) mass is 220 g/mol. The Morgan fingerprint density at radius 2 is 1.21 bits per heavy atom. The maximum Gasteiger partial charge on any atom is 0.0810 e. The molecular weight excluding hydrogens is 200 g/mol. The molecule has 76 valence electrons. The predicted molar refractivity (Wildman–Crippen MR) is 70.1 cm³/mol. The molecule has 0 amide bonds. The summed E-state index contributed by atoms with van der Waals surface area (Å²) in [7, 11) is -2.28. The molecule has 0 saturated heterocycles. The van der Waals surface area contributed by atoms with Gasteiger partial charge in [-0.3, -0.25) is 0 Å². The lowest BCUT2D eigenvalue weighted by Crippen LogP contribution is -2.43. The van der Waals surface area contributed by atoms with Crippen LogP contribution in [0.4, 0.5) is 0 Å². The van der Waals surface area contributed by atoms with Crippen LogP contribution in [0.25, 0.3) is 0 Å². The molecule has 0 radical (unpaired) electrons. The number of hydrogen-bond donors (Lipinski definition) is 0. The van der Waals surface area contributed by atoms with Gasteiger partial charge in [-0.15, -0.1) is 0 Å². The summed E-state index contributed by atoms with van der Waals surface area (Å²) >= 11 is 0. The van der Waals surface area contributed by atoms with Gasteiger partial charge in [-0.25, -0.2) is 0 Å². The van der Waals surface area contributed by atoms with Crippen LogP contribution in [0.15, 0.2) is 24.3 Å². The molecule has 1 aromatic carbocycles. The van der Waals surface area contributed by atoms with Crippen LogP contribution < -0.4 is 10.4 Å². The third-order valence-electron chi connectivity index (χ3n) is 4.48. The zero-order valence-electron chi connectivity index (χ0n) is 9.89. The average molecular weight is 220 g/mol. The van der Waals surface area contributed by atoms with E-state index in [9.17, 15) is 0 Å². The number of fused-ring (bicyclic) bond motifs is 1. The van der Waals surface area contributed by atoms with E-state index in [4.69, 9.17) is 0 Å². The van der Waals surface area contributed by atoms with E-state index in [0.29, 0.717) is 0 Å². The minimum Gasteiger partial charge on any atom is -0.0667 e. The van der Waals surface area contributed by atoms with Gasteiger partial charge in [0.15, 0.2) is 0 Å². The molecule has 1 aliphatic rings. The highest BCUT2D eigenvalue weighted by Gasteiger charge is 2.50. The van der Waals surface area contributed by atoms with Crippen molar-refractivity contribution in [3.8, 4) is 0 Å². The predicted octanol–water partition coefficient (Wildman–Crippen LogP) is 2.46. The van der Waals surface area contributed by atoms with E-state index in [1.54, 1.807) is 10.4 Å².